The fourth-order valence-corrected chi connectivity index (χ4v) is 2.13. The third-order valence-corrected chi connectivity index (χ3v) is 3.06. The standard InChI is InChI=1S/C13H10Cl2O3/c14-8-3-4-9(10(15)6-8)11(16)7-12(17)13-2-1-5-18-13/h1-6,11,16H,7H2. The molecule has 0 aliphatic heterocycles. The summed E-state index contributed by atoms with van der Waals surface area (Å²) in [6.07, 6.45) is 0.344. The molecule has 18 heavy (non-hydrogen) atoms. The summed E-state index contributed by atoms with van der Waals surface area (Å²) in [5.74, 6) is -0.0577. The van der Waals surface area contributed by atoms with Crippen molar-refractivity contribution in [3.8, 4) is 0 Å². The third-order valence-electron chi connectivity index (χ3n) is 2.50. The Balaban J connectivity index is 2.12. The highest BCUT2D eigenvalue weighted by atomic mass is 35.5. The molecular formula is C13H10Cl2O3. The predicted octanol–water partition coefficient (Wildman–Crippen LogP) is 3.89. The Morgan fingerprint density at radius 2 is 2.11 bits per heavy atom. The van der Waals surface area contributed by atoms with Gasteiger partial charge in [0, 0.05) is 16.5 Å². The first kappa shape index (κ1) is 13.1. The second-order valence-electron chi connectivity index (χ2n) is 3.79. The lowest BCUT2D eigenvalue weighted by Gasteiger charge is -2.11. The molecule has 1 heterocycles. The summed E-state index contributed by atoms with van der Waals surface area (Å²) in [5.41, 5.74) is 0.473. The molecule has 0 radical (unpaired) electrons. The first-order chi connectivity index (χ1) is 8.58. The van der Waals surface area contributed by atoms with Crippen molar-refractivity contribution in [1.29, 1.82) is 0 Å². The maximum absolute atomic E-state index is 11.7. The first-order valence-corrected chi connectivity index (χ1v) is 6.03. The number of halogens is 2. The number of hydrogen-bond donors (Lipinski definition) is 1. The van der Waals surface area contributed by atoms with Gasteiger partial charge in [0.1, 0.15) is 0 Å². The van der Waals surface area contributed by atoms with Crippen LogP contribution in [0.5, 0.6) is 0 Å². The Kier molecular flexibility index (Phi) is 4.07. The average Bonchev–Trinajstić information content (AvgIpc) is 2.81. The summed E-state index contributed by atoms with van der Waals surface area (Å²) in [7, 11) is 0. The normalized spacial score (nSPS) is 12.4. The fraction of sp³-hybridized carbons (Fsp3) is 0.154. The second-order valence-corrected chi connectivity index (χ2v) is 4.63. The number of carbonyl (C=O) groups excluding carboxylic acids is 1. The van der Waals surface area contributed by atoms with E-state index in [9.17, 15) is 9.90 Å². The molecule has 1 aromatic heterocycles. The Bertz CT molecular complexity index is 549. The van der Waals surface area contributed by atoms with Gasteiger partial charge >= 0.3 is 0 Å². The molecule has 0 saturated carbocycles. The third kappa shape index (κ3) is 2.93. The zero-order chi connectivity index (χ0) is 13.1. The van der Waals surface area contributed by atoms with Crippen molar-refractivity contribution >= 4 is 29.0 Å². The van der Waals surface area contributed by atoms with Crippen LogP contribution in [0.3, 0.4) is 0 Å². The van der Waals surface area contributed by atoms with Crippen LogP contribution in [-0.4, -0.2) is 10.9 Å². The topological polar surface area (TPSA) is 50.4 Å². The molecule has 0 saturated heterocycles. The molecule has 1 atom stereocenters. The Hall–Kier alpha value is -1.29. The SMILES string of the molecule is O=C(CC(O)c1ccc(Cl)cc1Cl)c1ccco1. The fourth-order valence-electron chi connectivity index (χ4n) is 1.60. The molecule has 2 aromatic rings. The van der Waals surface area contributed by atoms with E-state index < -0.39 is 6.10 Å². The average molecular weight is 285 g/mol. The minimum Gasteiger partial charge on any atom is -0.461 e. The summed E-state index contributed by atoms with van der Waals surface area (Å²) in [5, 5.41) is 10.8. The molecule has 94 valence electrons. The Morgan fingerprint density at radius 3 is 2.72 bits per heavy atom. The lowest BCUT2D eigenvalue weighted by molar-refractivity contribution is 0.0853. The number of Topliss-reactive ketones (excluding diaryl/α,β-unsaturated/α-hetero) is 1. The number of hydrogen-bond acceptors (Lipinski definition) is 3. The number of benzene rings is 1. The van der Waals surface area contributed by atoms with E-state index in [1.54, 1.807) is 24.3 Å². The number of furan rings is 1. The number of aliphatic hydroxyl groups is 1. The quantitative estimate of drug-likeness (QED) is 0.867. The van der Waals surface area contributed by atoms with E-state index in [0.717, 1.165) is 0 Å². The van der Waals surface area contributed by atoms with Crippen molar-refractivity contribution < 1.29 is 14.3 Å². The molecule has 1 aromatic carbocycles. The number of ketones is 1. The van der Waals surface area contributed by atoms with E-state index in [1.165, 1.54) is 12.3 Å². The molecule has 0 bridgehead atoms. The van der Waals surface area contributed by atoms with Crippen LogP contribution in [0.4, 0.5) is 0 Å². The Morgan fingerprint density at radius 1 is 1.33 bits per heavy atom. The van der Waals surface area contributed by atoms with Crippen LogP contribution in [-0.2, 0) is 0 Å². The monoisotopic (exact) mass is 284 g/mol. The van der Waals surface area contributed by atoms with Gasteiger partial charge in [-0.3, -0.25) is 4.79 Å². The number of rotatable bonds is 4. The predicted molar refractivity (Wildman–Crippen MR) is 69.1 cm³/mol. The molecule has 5 heteroatoms. The maximum atomic E-state index is 11.7. The van der Waals surface area contributed by atoms with Crippen molar-refractivity contribution in [3.05, 3.63) is 58.0 Å². The highest BCUT2D eigenvalue weighted by molar-refractivity contribution is 6.35. The Labute approximate surface area is 114 Å². The molecule has 0 amide bonds. The van der Waals surface area contributed by atoms with Crippen molar-refractivity contribution in [2.75, 3.05) is 0 Å². The largest absolute Gasteiger partial charge is 0.461 e. The van der Waals surface area contributed by atoms with Crippen LogP contribution in [0.2, 0.25) is 10.0 Å². The van der Waals surface area contributed by atoms with Gasteiger partial charge in [-0.05, 0) is 29.8 Å². The number of aliphatic hydroxyl groups excluding tert-OH is 1. The van der Waals surface area contributed by atoms with E-state index in [1.807, 2.05) is 0 Å². The van der Waals surface area contributed by atoms with Crippen molar-refractivity contribution in [1.82, 2.24) is 0 Å². The first-order valence-electron chi connectivity index (χ1n) is 5.27. The maximum Gasteiger partial charge on any atom is 0.200 e. The number of carbonyl (C=O) groups is 1. The summed E-state index contributed by atoms with van der Waals surface area (Å²) in [4.78, 5) is 11.7. The van der Waals surface area contributed by atoms with Crippen molar-refractivity contribution in [2.45, 2.75) is 12.5 Å². The van der Waals surface area contributed by atoms with Crippen LogP contribution >= 0.6 is 23.2 Å². The smallest absolute Gasteiger partial charge is 0.200 e. The molecule has 0 spiro atoms. The van der Waals surface area contributed by atoms with Gasteiger partial charge in [-0.1, -0.05) is 29.3 Å². The highest BCUT2D eigenvalue weighted by Crippen LogP contribution is 2.28. The summed E-state index contributed by atoms with van der Waals surface area (Å²) < 4.78 is 4.97. The minimum atomic E-state index is -0.979. The van der Waals surface area contributed by atoms with Gasteiger partial charge < -0.3 is 9.52 Å². The minimum absolute atomic E-state index is 0.0884. The van der Waals surface area contributed by atoms with Crippen LogP contribution < -0.4 is 0 Å². The summed E-state index contributed by atoms with van der Waals surface area (Å²) in [6.45, 7) is 0. The van der Waals surface area contributed by atoms with E-state index in [2.05, 4.69) is 0 Å². The van der Waals surface area contributed by atoms with Crippen LogP contribution in [0.1, 0.15) is 28.6 Å². The van der Waals surface area contributed by atoms with E-state index in [0.29, 0.717) is 15.6 Å². The zero-order valence-electron chi connectivity index (χ0n) is 9.27. The molecule has 0 aliphatic carbocycles. The lowest BCUT2D eigenvalue weighted by Crippen LogP contribution is -2.06. The molecule has 3 nitrogen and oxygen atoms in total. The molecule has 0 fully saturated rings. The van der Waals surface area contributed by atoms with Crippen LogP contribution in [0.15, 0.2) is 41.0 Å². The summed E-state index contributed by atoms with van der Waals surface area (Å²) >= 11 is 11.7. The van der Waals surface area contributed by atoms with Gasteiger partial charge in [0.25, 0.3) is 0 Å². The molecular weight excluding hydrogens is 275 g/mol. The van der Waals surface area contributed by atoms with Crippen molar-refractivity contribution in [3.63, 3.8) is 0 Å². The van der Waals surface area contributed by atoms with Gasteiger partial charge in [-0.15, -0.1) is 0 Å². The molecule has 1 N–H and O–H groups in total. The van der Waals surface area contributed by atoms with Crippen LogP contribution in [0, 0.1) is 0 Å². The van der Waals surface area contributed by atoms with E-state index in [-0.39, 0.29) is 18.0 Å². The molecule has 2 rings (SSSR count). The van der Waals surface area contributed by atoms with Gasteiger partial charge in [0.05, 0.1) is 12.4 Å². The molecule has 1 unspecified atom stereocenters. The van der Waals surface area contributed by atoms with Gasteiger partial charge in [-0.25, -0.2) is 0 Å². The lowest BCUT2D eigenvalue weighted by atomic mass is 10.0. The van der Waals surface area contributed by atoms with Gasteiger partial charge in [-0.2, -0.15) is 0 Å². The van der Waals surface area contributed by atoms with Crippen molar-refractivity contribution in [2.24, 2.45) is 0 Å². The van der Waals surface area contributed by atoms with Crippen LogP contribution in [0.25, 0.3) is 0 Å². The second kappa shape index (κ2) is 5.57. The van der Waals surface area contributed by atoms with Gasteiger partial charge in [0.15, 0.2) is 5.76 Å². The van der Waals surface area contributed by atoms with Gasteiger partial charge in [0.2, 0.25) is 5.78 Å². The van der Waals surface area contributed by atoms with E-state index in [4.69, 9.17) is 27.6 Å². The zero-order valence-corrected chi connectivity index (χ0v) is 10.8. The summed E-state index contributed by atoms with van der Waals surface area (Å²) in [6, 6.07) is 7.92. The van der Waals surface area contributed by atoms with E-state index >= 15 is 0 Å². The highest BCUT2D eigenvalue weighted by Gasteiger charge is 2.18. The molecule has 0 aliphatic rings.